The number of nitrogens with one attached hydrogen (secondary N) is 1. The van der Waals surface area contributed by atoms with Crippen LogP contribution in [0.1, 0.15) is 5.56 Å². The topological polar surface area (TPSA) is 51.3 Å². The van der Waals surface area contributed by atoms with Crippen molar-refractivity contribution in [3.63, 3.8) is 0 Å². The van der Waals surface area contributed by atoms with E-state index in [1.165, 1.54) is 19.2 Å². The van der Waals surface area contributed by atoms with Crippen LogP contribution in [0.3, 0.4) is 0 Å². The predicted molar refractivity (Wildman–Crippen MR) is 41.0 cm³/mol. The van der Waals surface area contributed by atoms with Gasteiger partial charge in [-0.1, -0.05) is 0 Å². The second kappa shape index (κ2) is 3.30. The van der Waals surface area contributed by atoms with Gasteiger partial charge in [-0.15, -0.1) is 0 Å². The van der Waals surface area contributed by atoms with E-state index in [1.807, 2.05) is 0 Å². The highest BCUT2D eigenvalue weighted by Crippen LogP contribution is 2.09. The molecule has 0 fully saturated rings. The van der Waals surface area contributed by atoms with Gasteiger partial charge in [0.25, 0.3) is 0 Å². The summed E-state index contributed by atoms with van der Waals surface area (Å²) in [5.41, 5.74) is 0.260. The Morgan fingerprint density at radius 2 is 2.25 bits per heavy atom. The van der Waals surface area contributed by atoms with Crippen molar-refractivity contribution in [2.45, 2.75) is 0 Å². The van der Waals surface area contributed by atoms with E-state index < -0.39 is 5.82 Å². The van der Waals surface area contributed by atoms with E-state index >= 15 is 0 Å². The van der Waals surface area contributed by atoms with Crippen LogP contribution in [0.15, 0.2) is 18.2 Å². The van der Waals surface area contributed by atoms with Crippen LogP contribution in [0.5, 0.6) is 0 Å². The summed E-state index contributed by atoms with van der Waals surface area (Å²) < 4.78 is 12.7. The van der Waals surface area contributed by atoms with Crippen LogP contribution in [-0.2, 0) is 0 Å². The quantitative estimate of drug-likeness (QED) is 0.611. The van der Waals surface area contributed by atoms with E-state index in [2.05, 4.69) is 0 Å². The molecule has 1 atom stereocenters. The number of halogens is 1. The first-order chi connectivity index (χ1) is 5.65. The van der Waals surface area contributed by atoms with Crippen molar-refractivity contribution in [2.24, 2.45) is 0 Å². The minimum Gasteiger partial charge on any atom is -0.629 e. The second-order valence-electron chi connectivity index (χ2n) is 2.36. The van der Waals surface area contributed by atoms with Crippen LogP contribution >= 0.6 is 0 Å². The molecule has 0 aliphatic rings. The fourth-order valence-corrected chi connectivity index (χ4v) is 0.830. The minimum atomic E-state index is -0.595. The summed E-state index contributed by atoms with van der Waals surface area (Å²) in [6.07, 6.45) is 0. The highest BCUT2D eigenvalue weighted by Gasteiger charge is 2.04. The third-order valence-corrected chi connectivity index (χ3v) is 1.49. The lowest BCUT2D eigenvalue weighted by molar-refractivity contribution is -0.751. The van der Waals surface area contributed by atoms with Gasteiger partial charge in [-0.3, -0.25) is 0 Å². The maximum absolute atomic E-state index is 12.7. The minimum absolute atomic E-state index is 0.0947. The summed E-state index contributed by atoms with van der Waals surface area (Å²) >= 11 is 0. The highest BCUT2D eigenvalue weighted by molar-refractivity contribution is 5.41. The molecule has 0 saturated carbocycles. The first kappa shape index (κ1) is 8.65. The largest absolute Gasteiger partial charge is 0.629 e. The average molecular weight is 166 g/mol. The summed E-state index contributed by atoms with van der Waals surface area (Å²) in [4.78, 5) is 0. The van der Waals surface area contributed by atoms with Crippen molar-refractivity contribution < 1.29 is 9.45 Å². The SMILES string of the molecule is C[NH+]([O-])c1ccc(F)c(C#N)c1. The second-order valence-corrected chi connectivity index (χ2v) is 2.36. The molecule has 0 amide bonds. The molecule has 0 radical (unpaired) electrons. The van der Waals surface area contributed by atoms with E-state index in [9.17, 15) is 9.60 Å². The highest BCUT2D eigenvalue weighted by atomic mass is 19.1. The summed E-state index contributed by atoms with van der Waals surface area (Å²) in [6, 6.07) is 5.39. The zero-order valence-corrected chi connectivity index (χ0v) is 6.47. The molecule has 62 valence electrons. The van der Waals surface area contributed by atoms with Gasteiger partial charge in [0.05, 0.1) is 12.6 Å². The Morgan fingerprint density at radius 3 is 2.75 bits per heavy atom. The summed E-state index contributed by atoms with van der Waals surface area (Å²) in [5, 5.41) is 19.0. The lowest BCUT2D eigenvalue weighted by Gasteiger charge is -2.15. The Labute approximate surface area is 69.2 Å². The maximum Gasteiger partial charge on any atom is 0.141 e. The number of quaternary nitrogens is 1. The van der Waals surface area contributed by atoms with Gasteiger partial charge >= 0.3 is 0 Å². The van der Waals surface area contributed by atoms with Crippen molar-refractivity contribution in [1.29, 1.82) is 5.26 Å². The molecule has 1 unspecified atom stereocenters. The van der Waals surface area contributed by atoms with E-state index in [1.54, 1.807) is 6.07 Å². The number of nitrogens with zero attached hydrogens (tertiary/aromatic N) is 1. The van der Waals surface area contributed by atoms with Gasteiger partial charge in [-0.2, -0.15) is 5.26 Å². The number of rotatable bonds is 1. The molecular weight excluding hydrogens is 159 g/mol. The Hall–Kier alpha value is -1.44. The van der Waals surface area contributed by atoms with Crippen molar-refractivity contribution in [2.75, 3.05) is 7.05 Å². The third-order valence-electron chi connectivity index (χ3n) is 1.49. The van der Waals surface area contributed by atoms with Crippen LogP contribution in [-0.4, -0.2) is 7.05 Å². The molecule has 4 heteroatoms. The molecule has 0 aliphatic heterocycles. The molecule has 1 N–H and O–H groups in total. The Bertz CT molecular complexity index is 330. The van der Waals surface area contributed by atoms with Gasteiger partial charge in [0, 0.05) is 12.1 Å². The third kappa shape index (κ3) is 1.59. The van der Waals surface area contributed by atoms with Gasteiger partial charge in [0.15, 0.2) is 0 Å². The van der Waals surface area contributed by atoms with Crippen molar-refractivity contribution in [1.82, 2.24) is 0 Å². The standard InChI is InChI=1S/C8H7FN2O/c1-11(12)7-2-3-8(9)6(4-7)5-10/h2-4,11H,1H3. The van der Waals surface area contributed by atoms with Gasteiger partial charge in [0.2, 0.25) is 0 Å². The first-order valence-corrected chi connectivity index (χ1v) is 3.35. The van der Waals surface area contributed by atoms with E-state index in [0.717, 1.165) is 6.07 Å². The number of nitriles is 1. The zero-order chi connectivity index (χ0) is 9.14. The monoisotopic (exact) mass is 166 g/mol. The fraction of sp³-hybridized carbons (Fsp3) is 0.125. The number of hydroxylamine groups is 1. The Morgan fingerprint density at radius 1 is 1.58 bits per heavy atom. The van der Waals surface area contributed by atoms with Crippen LogP contribution in [0, 0.1) is 22.4 Å². The summed E-state index contributed by atoms with van der Waals surface area (Å²) in [6.45, 7) is 0. The molecule has 0 aromatic heterocycles. The normalized spacial score (nSPS) is 12.2. The Kier molecular flexibility index (Phi) is 2.38. The van der Waals surface area contributed by atoms with E-state index in [0.29, 0.717) is 5.69 Å². The Balaban J connectivity index is 3.16. The lowest BCUT2D eigenvalue weighted by atomic mass is 10.2. The zero-order valence-electron chi connectivity index (χ0n) is 6.47. The number of hydrogen-bond acceptors (Lipinski definition) is 2. The molecule has 3 nitrogen and oxygen atoms in total. The van der Waals surface area contributed by atoms with Crippen molar-refractivity contribution >= 4 is 5.69 Å². The molecule has 0 bridgehead atoms. The maximum atomic E-state index is 12.7. The molecule has 0 heterocycles. The molecule has 1 aromatic rings. The van der Waals surface area contributed by atoms with Crippen molar-refractivity contribution in [3.05, 3.63) is 34.8 Å². The molecule has 1 aromatic carbocycles. The molecule has 12 heavy (non-hydrogen) atoms. The lowest BCUT2D eigenvalue weighted by Crippen LogP contribution is -2.98. The molecule has 0 saturated heterocycles. The smallest absolute Gasteiger partial charge is 0.141 e. The molecule has 0 aliphatic carbocycles. The fourth-order valence-electron chi connectivity index (χ4n) is 0.830. The van der Waals surface area contributed by atoms with Gasteiger partial charge in [-0.25, -0.2) is 4.39 Å². The molecule has 0 spiro atoms. The van der Waals surface area contributed by atoms with Crippen LogP contribution < -0.4 is 5.06 Å². The van der Waals surface area contributed by atoms with Crippen LogP contribution in [0.2, 0.25) is 0 Å². The van der Waals surface area contributed by atoms with Crippen LogP contribution in [0.25, 0.3) is 0 Å². The van der Waals surface area contributed by atoms with E-state index in [-0.39, 0.29) is 10.6 Å². The van der Waals surface area contributed by atoms with Crippen LogP contribution in [0.4, 0.5) is 10.1 Å². The van der Waals surface area contributed by atoms with Gasteiger partial charge in [-0.05, 0) is 6.07 Å². The number of benzene rings is 1. The number of hydrogen-bond donors (Lipinski definition) is 1. The van der Waals surface area contributed by atoms with E-state index in [4.69, 9.17) is 5.26 Å². The average Bonchev–Trinajstić information content (AvgIpc) is 2.05. The summed E-state index contributed by atoms with van der Waals surface area (Å²) in [5.74, 6) is -0.595. The predicted octanol–water partition coefficient (Wildman–Crippen LogP) is 0.341. The molecular formula is C8H7FN2O. The first-order valence-electron chi connectivity index (χ1n) is 3.35. The van der Waals surface area contributed by atoms with Gasteiger partial charge < -0.3 is 10.3 Å². The van der Waals surface area contributed by atoms with Crippen molar-refractivity contribution in [3.8, 4) is 6.07 Å². The summed E-state index contributed by atoms with van der Waals surface area (Å²) in [7, 11) is 1.37. The molecule has 1 rings (SSSR count). The van der Waals surface area contributed by atoms with Gasteiger partial charge in [0.1, 0.15) is 17.6 Å².